The van der Waals surface area contributed by atoms with Crippen LogP contribution >= 0.6 is 0 Å². The van der Waals surface area contributed by atoms with Crippen molar-refractivity contribution in [1.29, 1.82) is 0 Å². The summed E-state index contributed by atoms with van der Waals surface area (Å²) in [6.45, 7) is 1.51. The topological polar surface area (TPSA) is 81.9 Å². The number of aldehydes is 1. The molecule has 1 aromatic heterocycles. The Labute approximate surface area is 209 Å². The van der Waals surface area contributed by atoms with Crippen LogP contribution in [-0.4, -0.2) is 42.6 Å². The van der Waals surface area contributed by atoms with Gasteiger partial charge in [0.1, 0.15) is 12.4 Å². The molecule has 0 N–H and O–H groups in total. The number of carbonyl (C=O) groups excluding carboxylic acids is 2. The molecular formula is C29H28N2O5. The molecule has 36 heavy (non-hydrogen) atoms. The lowest BCUT2D eigenvalue weighted by molar-refractivity contribution is 0.110. The van der Waals surface area contributed by atoms with E-state index in [1.165, 1.54) is 7.11 Å². The van der Waals surface area contributed by atoms with Gasteiger partial charge in [-0.05, 0) is 39.9 Å². The molecular weight excluding hydrogens is 456 g/mol. The van der Waals surface area contributed by atoms with E-state index in [0.29, 0.717) is 37.6 Å². The van der Waals surface area contributed by atoms with Crippen LogP contribution in [0.4, 0.5) is 4.79 Å². The molecule has 3 aromatic carbocycles. The van der Waals surface area contributed by atoms with Crippen molar-refractivity contribution in [2.24, 2.45) is 0 Å². The number of benzene rings is 3. The highest BCUT2D eigenvalue weighted by molar-refractivity contribution is 5.99. The standard InChI is InChI=1S/C29H28N2O5/c1-34-29(33)31-15-13-22(14-16-31)27-25(28(30-36-27)35-19-20-7-3-2-4-8-20)17-23-12-11-21-9-5-6-10-24(21)26(23)18-32/h2-12,18,22H,13-17,19H2,1H3. The van der Waals surface area contributed by atoms with Gasteiger partial charge in [-0.3, -0.25) is 4.79 Å². The predicted octanol–water partition coefficient (Wildman–Crippen LogP) is 5.76. The summed E-state index contributed by atoms with van der Waals surface area (Å²) in [6, 6.07) is 21.8. The zero-order valence-corrected chi connectivity index (χ0v) is 20.2. The minimum absolute atomic E-state index is 0.0858. The first kappa shape index (κ1) is 23.6. The van der Waals surface area contributed by atoms with Gasteiger partial charge in [-0.2, -0.15) is 0 Å². The van der Waals surface area contributed by atoms with Crippen LogP contribution in [0, 0.1) is 0 Å². The highest BCUT2D eigenvalue weighted by Gasteiger charge is 2.31. The number of aromatic nitrogens is 1. The van der Waals surface area contributed by atoms with Crippen LogP contribution in [0.15, 0.2) is 71.3 Å². The lowest BCUT2D eigenvalue weighted by atomic mass is 9.89. The van der Waals surface area contributed by atoms with Crippen LogP contribution in [0.5, 0.6) is 5.88 Å². The van der Waals surface area contributed by atoms with Gasteiger partial charge in [0.15, 0.2) is 6.29 Å². The minimum Gasteiger partial charge on any atom is -0.470 e. The number of amides is 1. The van der Waals surface area contributed by atoms with Crippen molar-refractivity contribution < 1.29 is 23.6 Å². The maximum atomic E-state index is 12.2. The average molecular weight is 485 g/mol. The van der Waals surface area contributed by atoms with E-state index in [1.807, 2.05) is 66.7 Å². The number of hydrogen-bond donors (Lipinski definition) is 0. The van der Waals surface area contributed by atoms with Crippen molar-refractivity contribution in [3.05, 3.63) is 94.7 Å². The molecule has 1 fully saturated rings. The molecule has 1 amide bonds. The fourth-order valence-electron chi connectivity index (χ4n) is 4.91. The molecule has 0 radical (unpaired) electrons. The van der Waals surface area contributed by atoms with Gasteiger partial charge in [-0.25, -0.2) is 4.79 Å². The lowest BCUT2D eigenvalue weighted by Gasteiger charge is -2.30. The normalized spacial score (nSPS) is 14.1. The Kier molecular flexibility index (Phi) is 6.98. The van der Waals surface area contributed by atoms with Crippen LogP contribution in [0.1, 0.15) is 51.6 Å². The van der Waals surface area contributed by atoms with Gasteiger partial charge in [-0.15, -0.1) is 0 Å². The first-order chi connectivity index (χ1) is 17.7. The predicted molar refractivity (Wildman–Crippen MR) is 135 cm³/mol. The Morgan fingerprint density at radius 3 is 2.56 bits per heavy atom. The molecule has 7 nitrogen and oxygen atoms in total. The van der Waals surface area contributed by atoms with Gasteiger partial charge in [0.25, 0.3) is 5.88 Å². The summed E-state index contributed by atoms with van der Waals surface area (Å²) in [5.41, 5.74) is 3.43. The molecule has 0 bridgehead atoms. The molecule has 0 unspecified atom stereocenters. The number of likely N-dealkylation sites (tertiary alicyclic amines) is 1. The summed E-state index contributed by atoms with van der Waals surface area (Å²) < 4.78 is 16.9. The van der Waals surface area contributed by atoms with E-state index in [9.17, 15) is 9.59 Å². The number of ether oxygens (including phenoxy) is 2. The summed E-state index contributed by atoms with van der Waals surface area (Å²) in [5, 5.41) is 6.24. The van der Waals surface area contributed by atoms with E-state index >= 15 is 0 Å². The largest absolute Gasteiger partial charge is 0.470 e. The number of nitrogens with zero attached hydrogens (tertiary/aromatic N) is 2. The third-order valence-corrected chi connectivity index (χ3v) is 6.85. The third-order valence-electron chi connectivity index (χ3n) is 6.85. The lowest BCUT2D eigenvalue weighted by Crippen LogP contribution is -2.37. The van der Waals surface area contributed by atoms with Gasteiger partial charge in [-0.1, -0.05) is 66.7 Å². The first-order valence-electron chi connectivity index (χ1n) is 12.1. The Bertz CT molecular complexity index is 1360. The van der Waals surface area contributed by atoms with E-state index in [1.54, 1.807) is 4.90 Å². The number of hydrogen-bond acceptors (Lipinski definition) is 6. The monoisotopic (exact) mass is 484 g/mol. The number of fused-ring (bicyclic) bond motifs is 1. The van der Waals surface area contributed by atoms with Crippen LogP contribution in [0.2, 0.25) is 0 Å². The average Bonchev–Trinajstić information content (AvgIpc) is 3.34. The summed E-state index contributed by atoms with van der Waals surface area (Å²) in [6.07, 6.45) is 2.52. The van der Waals surface area contributed by atoms with Gasteiger partial charge in [0.2, 0.25) is 0 Å². The fraction of sp³-hybridized carbons (Fsp3) is 0.276. The smallest absolute Gasteiger partial charge is 0.409 e. The second-order valence-electron chi connectivity index (χ2n) is 8.99. The molecule has 4 aromatic rings. The van der Waals surface area contributed by atoms with Crippen molar-refractivity contribution in [1.82, 2.24) is 10.1 Å². The van der Waals surface area contributed by atoms with Gasteiger partial charge < -0.3 is 18.9 Å². The molecule has 0 aliphatic carbocycles. The maximum absolute atomic E-state index is 12.2. The first-order valence-corrected chi connectivity index (χ1v) is 12.1. The van der Waals surface area contributed by atoms with Crippen LogP contribution in [0.25, 0.3) is 10.8 Å². The van der Waals surface area contributed by atoms with E-state index in [4.69, 9.17) is 14.0 Å². The quantitative estimate of drug-likeness (QED) is 0.311. The van der Waals surface area contributed by atoms with Crippen molar-refractivity contribution >= 4 is 23.2 Å². The van der Waals surface area contributed by atoms with E-state index in [0.717, 1.165) is 52.4 Å². The van der Waals surface area contributed by atoms with Crippen LogP contribution in [0.3, 0.4) is 0 Å². The highest BCUT2D eigenvalue weighted by atomic mass is 16.5. The Morgan fingerprint density at radius 2 is 1.81 bits per heavy atom. The molecule has 1 saturated heterocycles. The second kappa shape index (κ2) is 10.6. The number of carbonyl (C=O) groups is 2. The maximum Gasteiger partial charge on any atom is 0.409 e. The summed E-state index contributed by atoms with van der Waals surface area (Å²) >= 11 is 0. The molecule has 0 saturated carbocycles. The van der Waals surface area contributed by atoms with Crippen LogP contribution < -0.4 is 4.74 Å². The minimum atomic E-state index is -0.315. The Morgan fingerprint density at radius 1 is 1.06 bits per heavy atom. The number of rotatable bonds is 7. The van der Waals surface area contributed by atoms with E-state index < -0.39 is 0 Å². The van der Waals surface area contributed by atoms with Crippen LogP contribution in [-0.2, 0) is 17.8 Å². The number of methoxy groups -OCH3 is 1. The fourth-order valence-corrected chi connectivity index (χ4v) is 4.91. The molecule has 0 atom stereocenters. The van der Waals surface area contributed by atoms with E-state index in [2.05, 4.69) is 5.16 Å². The Hall–Kier alpha value is -4.13. The molecule has 5 rings (SSSR count). The van der Waals surface area contributed by atoms with Gasteiger partial charge in [0.05, 0.1) is 12.7 Å². The van der Waals surface area contributed by atoms with Crippen molar-refractivity contribution in [3.8, 4) is 5.88 Å². The molecule has 1 aliphatic heterocycles. The van der Waals surface area contributed by atoms with Crippen molar-refractivity contribution in [2.75, 3.05) is 20.2 Å². The van der Waals surface area contributed by atoms with E-state index in [-0.39, 0.29) is 12.0 Å². The molecule has 7 heteroatoms. The Balaban J connectivity index is 1.47. The second-order valence-corrected chi connectivity index (χ2v) is 8.99. The highest BCUT2D eigenvalue weighted by Crippen LogP contribution is 2.37. The summed E-state index contributed by atoms with van der Waals surface area (Å²) in [7, 11) is 1.40. The summed E-state index contributed by atoms with van der Waals surface area (Å²) in [5.74, 6) is 1.28. The van der Waals surface area contributed by atoms with Gasteiger partial charge >= 0.3 is 6.09 Å². The molecule has 1 aliphatic rings. The summed E-state index contributed by atoms with van der Waals surface area (Å²) in [4.78, 5) is 25.8. The third kappa shape index (κ3) is 4.82. The molecule has 184 valence electrons. The van der Waals surface area contributed by atoms with Gasteiger partial charge in [0, 0.05) is 31.0 Å². The zero-order valence-electron chi connectivity index (χ0n) is 20.2. The molecule has 2 heterocycles. The molecule has 0 spiro atoms. The zero-order chi connectivity index (χ0) is 24.9. The van der Waals surface area contributed by atoms with Crippen molar-refractivity contribution in [3.63, 3.8) is 0 Å². The van der Waals surface area contributed by atoms with Crippen molar-refractivity contribution in [2.45, 2.75) is 31.8 Å². The number of piperidine rings is 1. The SMILES string of the molecule is COC(=O)N1CCC(c2onc(OCc3ccccc3)c2Cc2ccc3ccccc3c2C=O)CC1.